The van der Waals surface area contributed by atoms with Gasteiger partial charge in [0.25, 0.3) is 0 Å². The molecule has 1 aliphatic rings. The summed E-state index contributed by atoms with van der Waals surface area (Å²) in [6.07, 6.45) is 8.15. The van der Waals surface area contributed by atoms with Crippen molar-refractivity contribution in [2.24, 2.45) is 0 Å². The Morgan fingerprint density at radius 3 is 2.74 bits per heavy atom. The predicted octanol–water partition coefficient (Wildman–Crippen LogP) is 0.871. The topological polar surface area (TPSA) is 58.6 Å². The predicted molar refractivity (Wildman–Crippen MR) is 73.6 cm³/mol. The number of likely N-dealkylation sites (tertiary alicyclic amines) is 1. The smallest absolute Gasteiger partial charge is 0.242 e. The molecule has 106 valence electrons. The molecule has 19 heavy (non-hydrogen) atoms. The Morgan fingerprint density at radius 1 is 1.42 bits per heavy atom. The molecular formula is C14H22N2O3. The van der Waals surface area contributed by atoms with E-state index < -0.39 is 6.04 Å². The molecule has 1 fully saturated rings. The largest absolute Gasteiger partial charge is 0.372 e. The Balaban J connectivity index is 2.51. The summed E-state index contributed by atoms with van der Waals surface area (Å²) in [6, 6.07) is -0.410. The molecule has 1 saturated heterocycles. The van der Waals surface area contributed by atoms with Crippen molar-refractivity contribution < 1.29 is 14.3 Å². The van der Waals surface area contributed by atoms with Gasteiger partial charge in [-0.15, -0.1) is 0 Å². The van der Waals surface area contributed by atoms with Gasteiger partial charge < -0.3 is 15.0 Å². The van der Waals surface area contributed by atoms with Crippen molar-refractivity contribution in [1.82, 2.24) is 10.2 Å². The van der Waals surface area contributed by atoms with Gasteiger partial charge in [0.15, 0.2) is 0 Å². The number of hydrogen-bond donors (Lipinski definition) is 1. The first-order valence-electron chi connectivity index (χ1n) is 6.48. The molecule has 0 aliphatic carbocycles. The van der Waals surface area contributed by atoms with E-state index in [0.29, 0.717) is 19.6 Å². The van der Waals surface area contributed by atoms with E-state index in [4.69, 9.17) is 4.74 Å². The second-order valence-corrected chi connectivity index (χ2v) is 4.45. The fraction of sp³-hybridized carbons (Fsp3) is 0.571. The van der Waals surface area contributed by atoms with Gasteiger partial charge in [0, 0.05) is 26.9 Å². The van der Waals surface area contributed by atoms with E-state index in [-0.39, 0.29) is 17.9 Å². The van der Waals surface area contributed by atoms with E-state index in [2.05, 4.69) is 5.32 Å². The van der Waals surface area contributed by atoms with Gasteiger partial charge in [0.1, 0.15) is 6.04 Å². The molecule has 0 aromatic rings. The van der Waals surface area contributed by atoms with Crippen LogP contribution in [0.1, 0.15) is 20.3 Å². The zero-order chi connectivity index (χ0) is 14.3. The SMILES string of the molecule is C/C=C/C=C/COC1CC(C(=O)NC)N(C(C)=O)C1. The molecule has 5 nitrogen and oxygen atoms in total. The van der Waals surface area contributed by atoms with E-state index >= 15 is 0 Å². The lowest BCUT2D eigenvalue weighted by atomic mass is 10.2. The lowest BCUT2D eigenvalue weighted by Crippen LogP contribution is -2.44. The quantitative estimate of drug-likeness (QED) is 0.751. The summed E-state index contributed by atoms with van der Waals surface area (Å²) in [5, 5.41) is 2.58. The lowest BCUT2D eigenvalue weighted by molar-refractivity contribution is -0.136. The second kappa shape index (κ2) is 7.74. The third-order valence-corrected chi connectivity index (χ3v) is 3.08. The van der Waals surface area contributed by atoms with Gasteiger partial charge in [-0.1, -0.05) is 24.3 Å². The Kier molecular flexibility index (Phi) is 6.29. The summed E-state index contributed by atoms with van der Waals surface area (Å²) >= 11 is 0. The van der Waals surface area contributed by atoms with Crippen LogP contribution >= 0.6 is 0 Å². The number of nitrogens with one attached hydrogen (secondary N) is 1. The average Bonchev–Trinajstić information content (AvgIpc) is 2.82. The number of likely N-dealkylation sites (N-methyl/N-ethyl adjacent to an activating group) is 1. The number of nitrogens with zero attached hydrogens (tertiary/aromatic N) is 1. The normalized spacial score (nSPS) is 23.4. The molecule has 0 radical (unpaired) electrons. The van der Waals surface area contributed by atoms with Crippen LogP contribution in [0.2, 0.25) is 0 Å². The molecule has 2 atom stereocenters. The Morgan fingerprint density at radius 2 is 2.16 bits per heavy atom. The van der Waals surface area contributed by atoms with Crippen molar-refractivity contribution >= 4 is 11.8 Å². The minimum Gasteiger partial charge on any atom is -0.372 e. The molecule has 0 aromatic heterocycles. The summed E-state index contributed by atoms with van der Waals surface area (Å²) in [6.45, 7) is 4.39. The van der Waals surface area contributed by atoms with E-state index in [1.807, 2.05) is 31.2 Å². The van der Waals surface area contributed by atoms with Crippen molar-refractivity contribution in [2.45, 2.75) is 32.4 Å². The van der Waals surface area contributed by atoms with Crippen LogP contribution in [-0.2, 0) is 14.3 Å². The molecule has 1 N–H and O–H groups in total. The van der Waals surface area contributed by atoms with Crippen LogP contribution < -0.4 is 5.32 Å². The molecule has 5 heteroatoms. The first kappa shape index (κ1) is 15.4. The molecule has 2 amide bonds. The molecule has 1 aliphatic heterocycles. The van der Waals surface area contributed by atoms with Crippen LogP contribution in [0.4, 0.5) is 0 Å². The molecule has 2 unspecified atom stereocenters. The number of rotatable bonds is 5. The van der Waals surface area contributed by atoms with Gasteiger partial charge in [-0.25, -0.2) is 0 Å². The summed E-state index contributed by atoms with van der Waals surface area (Å²) in [4.78, 5) is 24.8. The molecule has 0 saturated carbocycles. The molecule has 0 spiro atoms. The standard InChI is InChI=1S/C14H22N2O3/c1-4-5-6-7-8-19-12-9-13(14(18)15-3)16(10-12)11(2)17/h4-7,12-13H,8-10H2,1-3H3,(H,15,18)/b5-4+,7-6+. The van der Waals surface area contributed by atoms with E-state index in [1.54, 1.807) is 11.9 Å². The van der Waals surface area contributed by atoms with Gasteiger partial charge in [-0.3, -0.25) is 9.59 Å². The number of hydrogen-bond acceptors (Lipinski definition) is 3. The monoisotopic (exact) mass is 266 g/mol. The first-order chi connectivity index (χ1) is 9.10. The van der Waals surface area contributed by atoms with Crippen molar-refractivity contribution in [3.8, 4) is 0 Å². The first-order valence-corrected chi connectivity index (χ1v) is 6.48. The maximum Gasteiger partial charge on any atom is 0.242 e. The summed E-state index contributed by atoms with van der Waals surface area (Å²) in [5.74, 6) is -0.227. The van der Waals surface area contributed by atoms with Crippen molar-refractivity contribution in [3.05, 3.63) is 24.3 Å². The number of ether oxygens (including phenoxy) is 1. The van der Waals surface area contributed by atoms with Crippen LogP contribution in [0.25, 0.3) is 0 Å². The highest BCUT2D eigenvalue weighted by atomic mass is 16.5. The van der Waals surface area contributed by atoms with Crippen LogP contribution in [-0.4, -0.2) is 49.1 Å². The van der Waals surface area contributed by atoms with Crippen molar-refractivity contribution in [1.29, 1.82) is 0 Å². The van der Waals surface area contributed by atoms with Crippen LogP contribution in [0.3, 0.4) is 0 Å². The minimum atomic E-state index is -0.410. The molecular weight excluding hydrogens is 244 g/mol. The van der Waals surface area contributed by atoms with E-state index in [9.17, 15) is 9.59 Å². The van der Waals surface area contributed by atoms with Gasteiger partial charge in [0.2, 0.25) is 11.8 Å². The maximum atomic E-state index is 11.7. The molecule has 1 heterocycles. The van der Waals surface area contributed by atoms with E-state index in [1.165, 1.54) is 6.92 Å². The third kappa shape index (κ3) is 4.52. The van der Waals surface area contributed by atoms with Crippen molar-refractivity contribution in [2.75, 3.05) is 20.2 Å². The molecule has 1 rings (SSSR count). The fourth-order valence-corrected chi connectivity index (χ4v) is 2.12. The highest BCUT2D eigenvalue weighted by Gasteiger charge is 2.38. The van der Waals surface area contributed by atoms with Crippen LogP contribution in [0, 0.1) is 0 Å². The van der Waals surface area contributed by atoms with Crippen LogP contribution in [0.5, 0.6) is 0 Å². The van der Waals surface area contributed by atoms with Gasteiger partial charge in [-0.05, 0) is 6.92 Å². The summed E-state index contributed by atoms with van der Waals surface area (Å²) < 4.78 is 5.66. The van der Waals surface area contributed by atoms with Gasteiger partial charge >= 0.3 is 0 Å². The Bertz CT molecular complexity index is 377. The number of carbonyl (C=O) groups excluding carboxylic acids is 2. The lowest BCUT2D eigenvalue weighted by Gasteiger charge is -2.20. The fourth-order valence-electron chi connectivity index (χ4n) is 2.12. The number of carbonyl (C=O) groups is 2. The Hall–Kier alpha value is -1.62. The third-order valence-electron chi connectivity index (χ3n) is 3.08. The Labute approximate surface area is 114 Å². The van der Waals surface area contributed by atoms with Crippen molar-refractivity contribution in [3.63, 3.8) is 0 Å². The average molecular weight is 266 g/mol. The maximum absolute atomic E-state index is 11.7. The summed E-state index contributed by atoms with van der Waals surface area (Å²) in [7, 11) is 1.58. The molecule has 0 bridgehead atoms. The number of allylic oxidation sites excluding steroid dienone is 3. The van der Waals surface area contributed by atoms with E-state index in [0.717, 1.165) is 0 Å². The zero-order valence-corrected chi connectivity index (χ0v) is 11.8. The number of amides is 2. The summed E-state index contributed by atoms with van der Waals surface area (Å²) in [5.41, 5.74) is 0. The zero-order valence-electron chi connectivity index (χ0n) is 11.8. The highest BCUT2D eigenvalue weighted by molar-refractivity contribution is 5.87. The molecule has 0 aromatic carbocycles. The van der Waals surface area contributed by atoms with Crippen LogP contribution in [0.15, 0.2) is 24.3 Å². The second-order valence-electron chi connectivity index (χ2n) is 4.45. The highest BCUT2D eigenvalue weighted by Crippen LogP contribution is 2.20. The van der Waals surface area contributed by atoms with Gasteiger partial charge in [-0.2, -0.15) is 0 Å². The van der Waals surface area contributed by atoms with Gasteiger partial charge in [0.05, 0.1) is 12.7 Å². The minimum absolute atomic E-state index is 0.0820.